The van der Waals surface area contributed by atoms with Gasteiger partial charge in [-0.1, -0.05) is 6.42 Å². The van der Waals surface area contributed by atoms with Crippen molar-refractivity contribution in [2.24, 2.45) is 5.73 Å². The largest absolute Gasteiger partial charge is 0.327 e. The van der Waals surface area contributed by atoms with Gasteiger partial charge in [-0.05, 0) is 45.8 Å². The summed E-state index contributed by atoms with van der Waals surface area (Å²) in [5.41, 5.74) is 5.84. The van der Waals surface area contributed by atoms with Crippen molar-refractivity contribution in [2.75, 3.05) is 32.7 Å². The van der Waals surface area contributed by atoms with E-state index >= 15 is 0 Å². The standard InChI is InChI=1S/C12H25N3/c1-11(13)9-14-8-5-12(10-14)15-6-3-2-4-7-15/h11-12H,2-10,13H2,1H3. The predicted molar refractivity (Wildman–Crippen MR) is 63.9 cm³/mol. The van der Waals surface area contributed by atoms with Gasteiger partial charge in [0.15, 0.2) is 0 Å². The highest BCUT2D eigenvalue weighted by Gasteiger charge is 2.28. The Balaban J connectivity index is 1.76. The minimum absolute atomic E-state index is 0.324. The van der Waals surface area contributed by atoms with Gasteiger partial charge in [0, 0.05) is 25.2 Å². The molecule has 2 saturated heterocycles. The average Bonchev–Trinajstić information content (AvgIpc) is 2.67. The van der Waals surface area contributed by atoms with Crippen molar-refractivity contribution in [3.8, 4) is 0 Å². The molecule has 15 heavy (non-hydrogen) atoms. The van der Waals surface area contributed by atoms with Crippen LogP contribution in [-0.4, -0.2) is 54.6 Å². The van der Waals surface area contributed by atoms with Gasteiger partial charge in [-0.15, -0.1) is 0 Å². The van der Waals surface area contributed by atoms with Gasteiger partial charge in [0.05, 0.1) is 0 Å². The van der Waals surface area contributed by atoms with E-state index in [1.165, 1.54) is 51.9 Å². The Labute approximate surface area is 93.6 Å². The summed E-state index contributed by atoms with van der Waals surface area (Å²) in [4.78, 5) is 5.23. The van der Waals surface area contributed by atoms with E-state index in [-0.39, 0.29) is 0 Å². The first-order valence-electron chi connectivity index (χ1n) is 6.47. The van der Waals surface area contributed by atoms with Crippen molar-refractivity contribution in [2.45, 2.75) is 44.7 Å². The van der Waals surface area contributed by atoms with E-state index in [4.69, 9.17) is 5.73 Å². The molecule has 2 N–H and O–H groups in total. The third-order valence-corrected chi connectivity index (χ3v) is 3.70. The van der Waals surface area contributed by atoms with Gasteiger partial charge in [-0.25, -0.2) is 0 Å². The Morgan fingerprint density at radius 1 is 1.20 bits per heavy atom. The Kier molecular flexibility index (Phi) is 4.00. The Bertz CT molecular complexity index is 187. The topological polar surface area (TPSA) is 32.5 Å². The fraction of sp³-hybridized carbons (Fsp3) is 1.00. The highest BCUT2D eigenvalue weighted by molar-refractivity contribution is 4.85. The van der Waals surface area contributed by atoms with Crippen LogP contribution in [0.25, 0.3) is 0 Å². The third kappa shape index (κ3) is 3.16. The van der Waals surface area contributed by atoms with Gasteiger partial charge in [0.25, 0.3) is 0 Å². The maximum Gasteiger partial charge on any atom is 0.0235 e. The van der Waals surface area contributed by atoms with Crippen LogP contribution in [0.5, 0.6) is 0 Å². The maximum absolute atomic E-state index is 5.84. The second-order valence-electron chi connectivity index (χ2n) is 5.28. The summed E-state index contributed by atoms with van der Waals surface area (Å²) in [5.74, 6) is 0. The highest BCUT2D eigenvalue weighted by Crippen LogP contribution is 2.19. The average molecular weight is 211 g/mol. The van der Waals surface area contributed by atoms with Crippen molar-refractivity contribution < 1.29 is 0 Å². The van der Waals surface area contributed by atoms with Crippen molar-refractivity contribution in [1.82, 2.24) is 9.80 Å². The fourth-order valence-electron chi connectivity index (χ4n) is 2.97. The van der Waals surface area contributed by atoms with Crippen molar-refractivity contribution in [1.29, 1.82) is 0 Å². The van der Waals surface area contributed by atoms with E-state index in [9.17, 15) is 0 Å². The number of rotatable bonds is 3. The molecule has 0 radical (unpaired) electrons. The van der Waals surface area contributed by atoms with Crippen LogP contribution in [0.15, 0.2) is 0 Å². The molecule has 2 aliphatic heterocycles. The van der Waals surface area contributed by atoms with E-state index in [0.717, 1.165) is 12.6 Å². The molecule has 3 heteroatoms. The number of hydrogen-bond donors (Lipinski definition) is 1. The van der Waals surface area contributed by atoms with Crippen LogP contribution in [0.4, 0.5) is 0 Å². The van der Waals surface area contributed by atoms with E-state index in [2.05, 4.69) is 16.7 Å². The summed E-state index contributed by atoms with van der Waals surface area (Å²) in [5, 5.41) is 0. The zero-order valence-corrected chi connectivity index (χ0v) is 9.99. The third-order valence-electron chi connectivity index (χ3n) is 3.70. The Morgan fingerprint density at radius 2 is 1.93 bits per heavy atom. The Morgan fingerprint density at radius 3 is 2.60 bits per heavy atom. The van der Waals surface area contributed by atoms with E-state index in [0.29, 0.717) is 6.04 Å². The molecule has 0 spiro atoms. The number of piperidine rings is 1. The quantitative estimate of drug-likeness (QED) is 0.752. The second-order valence-corrected chi connectivity index (χ2v) is 5.28. The predicted octanol–water partition coefficient (Wildman–Crippen LogP) is 0.894. The molecule has 3 nitrogen and oxygen atoms in total. The molecule has 2 fully saturated rings. The molecule has 0 amide bonds. The van der Waals surface area contributed by atoms with Crippen LogP contribution in [0, 0.1) is 0 Å². The molecule has 0 aliphatic carbocycles. The lowest BCUT2D eigenvalue weighted by atomic mass is 10.1. The van der Waals surface area contributed by atoms with Gasteiger partial charge in [-0.3, -0.25) is 4.90 Å². The summed E-state index contributed by atoms with van der Waals surface area (Å²) in [7, 11) is 0. The van der Waals surface area contributed by atoms with Gasteiger partial charge in [0.1, 0.15) is 0 Å². The SMILES string of the molecule is CC(N)CN1CCC(N2CCCCC2)C1. The van der Waals surface area contributed by atoms with Gasteiger partial charge in [-0.2, -0.15) is 0 Å². The van der Waals surface area contributed by atoms with Crippen molar-refractivity contribution in [3.63, 3.8) is 0 Å². The van der Waals surface area contributed by atoms with Crippen molar-refractivity contribution >= 4 is 0 Å². The molecule has 2 rings (SSSR count). The van der Waals surface area contributed by atoms with E-state index in [1.54, 1.807) is 0 Å². The van der Waals surface area contributed by atoms with Gasteiger partial charge >= 0.3 is 0 Å². The number of nitrogens with two attached hydrogens (primary N) is 1. The fourth-order valence-corrected chi connectivity index (χ4v) is 2.97. The zero-order chi connectivity index (χ0) is 10.7. The number of nitrogens with zero attached hydrogens (tertiary/aromatic N) is 2. The first-order chi connectivity index (χ1) is 7.25. The summed E-state index contributed by atoms with van der Waals surface area (Å²) >= 11 is 0. The summed E-state index contributed by atoms with van der Waals surface area (Å²) < 4.78 is 0. The van der Waals surface area contributed by atoms with Crippen molar-refractivity contribution in [3.05, 3.63) is 0 Å². The molecule has 2 heterocycles. The van der Waals surface area contributed by atoms with Gasteiger partial charge in [0.2, 0.25) is 0 Å². The highest BCUT2D eigenvalue weighted by atomic mass is 15.3. The molecule has 0 aromatic heterocycles. The molecule has 88 valence electrons. The summed E-state index contributed by atoms with van der Waals surface area (Å²) in [6.45, 7) is 8.34. The Hall–Kier alpha value is -0.120. The van der Waals surface area contributed by atoms with Crippen LogP contribution < -0.4 is 5.73 Å². The minimum atomic E-state index is 0.324. The molecule has 0 aromatic carbocycles. The monoisotopic (exact) mass is 211 g/mol. The lowest BCUT2D eigenvalue weighted by Gasteiger charge is -2.32. The molecular formula is C12H25N3. The van der Waals surface area contributed by atoms with Gasteiger partial charge < -0.3 is 10.6 Å². The smallest absolute Gasteiger partial charge is 0.0235 e. The molecular weight excluding hydrogens is 186 g/mol. The second kappa shape index (κ2) is 5.28. The van der Waals surface area contributed by atoms with E-state index in [1.807, 2.05) is 0 Å². The lowest BCUT2D eigenvalue weighted by Crippen LogP contribution is -2.42. The van der Waals surface area contributed by atoms with Crippen LogP contribution in [0.2, 0.25) is 0 Å². The lowest BCUT2D eigenvalue weighted by molar-refractivity contribution is 0.161. The van der Waals surface area contributed by atoms with Crippen LogP contribution in [0.3, 0.4) is 0 Å². The minimum Gasteiger partial charge on any atom is -0.327 e. The van der Waals surface area contributed by atoms with Crippen LogP contribution in [-0.2, 0) is 0 Å². The summed E-state index contributed by atoms with van der Waals surface area (Å²) in [6.07, 6.45) is 5.60. The first-order valence-corrected chi connectivity index (χ1v) is 6.47. The normalized spacial score (nSPS) is 32.0. The molecule has 2 aliphatic rings. The molecule has 0 aromatic rings. The van der Waals surface area contributed by atoms with E-state index < -0.39 is 0 Å². The first kappa shape index (κ1) is 11.4. The summed E-state index contributed by atoms with van der Waals surface area (Å²) in [6, 6.07) is 1.15. The molecule has 2 atom stereocenters. The van der Waals surface area contributed by atoms with Crippen LogP contribution >= 0.6 is 0 Å². The molecule has 2 unspecified atom stereocenters. The molecule has 0 bridgehead atoms. The number of likely N-dealkylation sites (tertiary alicyclic amines) is 2. The number of hydrogen-bond acceptors (Lipinski definition) is 3. The maximum atomic E-state index is 5.84. The zero-order valence-electron chi connectivity index (χ0n) is 9.99. The molecule has 0 saturated carbocycles. The van der Waals surface area contributed by atoms with Crippen LogP contribution in [0.1, 0.15) is 32.6 Å².